The van der Waals surface area contributed by atoms with E-state index in [4.69, 9.17) is 23.7 Å². The van der Waals surface area contributed by atoms with Crippen LogP contribution in [0, 0.1) is 0 Å². The van der Waals surface area contributed by atoms with Crippen molar-refractivity contribution in [3.05, 3.63) is 118 Å². The van der Waals surface area contributed by atoms with Crippen molar-refractivity contribution in [2.24, 2.45) is 5.11 Å². The minimum atomic E-state index is -0.906. The Labute approximate surface area is 210 Å². The highest BCUT2D eigenvalue weighted by Crippen LogP contribution is 2.42. The third-order valence-electron chi connectivity index (χ3n) is 6.48. The molecule has 0 radical (unpaired) electrons. The van der Waals surface area contributed by atoms with Gasteiger partial charge in [-0.2, -0.15) is 0 Å². The van der Waals surface area contributed by atoms with Gasteiger partial charge >= 0.3 is 0 Å². The molecule has 2 fully saturated rings. The van der Waals surface area contributed by atoms with Crippen LogP contribution in [0.4, 0.5) is 0 Å². The Morgan fingerprint density at radius 1 is 0.806 bits per heavy atom. The molecule has 2 bridgehead atoms. The van der Waals surface area contributed by atoms with E-state index in [0.29, 0.717) is 19.8 Å². The van der Waals surface area contributed by atoms with Gasteiger partial charge in [0.15, 0.2) is 6.29 Å². The molecule has 8 nitrogen and oxygen atoms in total. The van der Waals surface area contributed by atoms with E-state index >= 15 is 0 Å². The van der Waals surface area contributed by atoms with E-state index in [0.717, 1.165) is 16.7 Å². The van der Waals surface area contributed by atoms with Crippen LogP contribution in [0.25, 0.3) is 10.4 Å². The van der Waals surface area contributed by atoms with Gasteiger partial charge < -0.3 is 23.7 Å². The Bertz CT molecular complexity index is 1140. The van der Waals surface area contributed by atoms with Crippen molar-refractivity contribution in [1.82, 2.24) is 0 Å². The lowest BCUT2D eigenvalue weighted by atomic mass is 9.88. The van der Waals surface area contributed by atoms with E-state index < -0.39 is 30.1 Å². The lowest BCUT2D eigenvalue weighted by molar-refractivity contribution is -0.259. The topological polar surface area (TPSA) is 94.9 Å². The molecule has 8 heteroatoms. The molecule has 0 aromatic heterocycles. The van der Waals surface area contributed by atoms with E-state index in [-0.39, 0.29) is 13.2 Å². The average molecular weight is 488 g/mol. The Morgan fingerprint density at radius 3 is 1.94 bits per heavy atom. The van der Waals surface area contributed by atoms with Gasteiger partial charge in [0.1, 0.15) is 23.9 Å². The summed E-state index contributed by atoms with van der Waals surface area (Å²) in [6, 6.07) is 29.0. The second-order valence-electron chi connectivity index (χ2n) is 9.01. The predicted octanol–water partition coefficient (Wildman–Crippen LogP) is 5.18. The number of hydrogen-bond acceptors (Lipinski definition) is 6. The lowest BCUT2D eigenvalue weighted by Gasteiger charge is -2.45. The van der Waals surface area contributed by atoms with Gasteiger partial charge in [0, 0.05) is 4.91 Å². The van der Waals surface area contributed by atoms with Gasteiger partial charge in [-0.05, 0) is 22.2 Å². The van der Waals surface area contributed by atoms with Gasteiger partial charge in [0.2, 0.25) is 0 Å². The zero-order valence-corrected chi connectivity index (χ0v) is 19.9. The molecule has 0 N–H and O–H groups in total. The highest BCUT2D eigenvalue weighted by molar-refractivity contribution is 5.17. The first-order chi connectivity index (χ1) is 17.8. The van der Waals surface area contributed by atoms with Crippen LogP contribution in [0.5, 0.6) is 0 Å². The molecule has 5 atom stereocenters. The van der Waals surface area contributed by atoms with Gasteiger partial charge in [-0.3, -0.25) is 0 Å². The summed E-state index contributed by atoms with van der Waals surface area (Å²) in [6.07, 6.45) is -1.92. The molecular weight excluding hydrogens is 458 g/mol. The first kappa shape index (κ1) is 24.5. The van der Waals surface area contributed by atoms with E-state index in [1.807, 2.05) is 91.0 Å². The normalized spacial score (nSPS) is 26.9. The predicted molar refractivity (Wildman–Crippen MR) is 133 cm³/mol. The molecule has 5 rings (SSSR count). The van der Waals surface area contributed by atoms with Crippen LogP contribution in [0.1, 0.15) is 16.7 Å². The molecule has 2 saturated heterocycles. The zero-order valence-electron chi connectivity index (χ0n) is 19.9. The molecule has 0 spiro atoms. The van der Waals surface area contributed by atoms with Crippen molar-refractivity contribution in [2.45, 2.75) is 50.0 Å². The van der Waals surface area contributed by atoms with Crippen LogP contribution in [0.15, 0.2) is 96.1 Å². The molecular formula is C28H29N3O5. The number of hydrogen-bond donors (Lipinski definition) is 0. The van der Waals surface area contributed by atoms with Crippen molar-refractivity contribution in [3.8, 4) is 0 Å². The third kappa shape index (κ3) is 5.60. The second kappa shape index (κ2) is 11.7. The molecule has 1 unspecified atom stereocenters. The summed E-state index contributed by atoms with van der Waals surface area (Å²) in [7, 11) is 0. The lowest BCUT2D eigenvalue weighted by Crippen LogP contribution is -2.63. The fourth-order valence-electron chi connectivity index (χ4n) is 4.69. The van der Waals surface area contributed by atoms with Gasteiger partial charge in [-0.1, -0.05) is 96.1 Å². The molecule has 2 aliphatic heterocycles. The summed E-state index contributed by atoms with van der Waals surface area (Å²) in [5, 5.41) is 4.01. The van der Waals surface area contributed by atoms with Crippen LogP contribution in [0.3, 0.4) is 0 Å². The van der Waals surface area contributed by atoms with Crippen molar-refractivity contribution in [1.29, 1.82) is 0 Å². The van der Waals surface area contributed by atoms with Crippen LogP contribution in [-0.2, 0) is 43.5 Å². The van der Waals surface area contributed by atoms with E-state index in [1.165, 1.54) is 0 Å². The third-order valence-corrected chi connectivity index (χ3v) is 6.48. The van der Waals surface area contributed by atoms with Crippen LogP contribution in [0.2, 0.25) is 0 Å². The quantitative estimate of drug-likeness (QED) is 0.211. The van der Waals surface area contributed by atoms with Crippen molar-refractivity contribution in [3.63, 3.8) is 0 Å². The number of ether oxygens (including phenoxy) is 5. The number of fused-ring (bicyclic) bond motifs is 2. The number of benzene rings is 3. The van der Waals surface area contributed by atoms with Crippen molar-refractivity contribution < 1.29 is 23.7 Å². The van der Waals surface area contributed by atoms with E-state index in [9.17, 15) is 5.53 Å². The number of azide groups is 1. The minimum absolute atomic E-state index is 0.242. The van der Waals surface area contributed by atoms with Crippen LogP contribution in [-0.4, -0.2) is 43.4 Å². The Balaban J connectivity index is 1.40. The maximum Gasteiger partial charge on any atom is 0.169 e. The van der Waals surface area contributed by atoms with Gasteiger partial charge in [-0.25, -0.2) is 0 Å². The monoisotopic (exact) mass is 487 g/mol. The SMILES string of the molecule is [N-]=[N+]=NC1[C@H]2OC[C@](COCc3ccccc3)(O2)[C@H](OCc2ccccc2)[C@@H]1OCc1ccccc1. The standard InChI is InChI=1S/C28H29N3O5/c29-31-30-24-25(33-17-22-12-6-2-7-13-22)26(34-18-23-14-8-3-9-15-23)28(20-35-27(24)36-28)19-32-16-21-10-4-1-5-11-21/h1-15,24-27H,16-20H2/t24?,25-,26-,27+,28+/m1/s1. The van der Waals surface area contributed by atoms with Gasteiger partial charge in [0.25, 0.3) is 0 Å². The molecule has 2 heterocycles. The smallest absolute Gasteiger partial charge is 0.169 e. The first-order valence-electron chi connectivity index (χ1n) is 12.0. The van der Waals surface area contributed by atoms with Crippen molar-refractivity contribution in [2.75, 3.05) is 13.2 Å². The summed E-state index contributed by atoms with van der Waals surface area (Å²) in [5.41, 5.74) is 11.5. The summed E-state index contributed by atoms with van der Waals surface area (Å²) >= 11 is 0. The Kier molecular flexibility index (Phi) is 7.93. The summed E-state index contributed by atoms with van der Waals surface area (Å²) in [5.74, 6) is 0. The highest BCUT2D eigenvalue weighted by Gasteiger charge is 2.61. The second-order valence-corrected chi connectivity index (χ2v) is 9.01. The molecule has 2 aliphatic rings. The minimum Gasteiger partial charge on any atom is -0.374 e. The molecule has 3 aromatic carbocycles. The molecule has 3 aromatic rings. The maximum atomic E-state index is 9.30. The molecule has 186 valence electrons. The van der Waals surface area contributed by atoms with E-state index in [1.54, 1.807) is 0 Å². The zero-order chi connectivity index (χ0) is 24.6. The molecule has 0 aliphatic carbocycles. The Hall–Kier alpha value is -3.23. The summed E-state index contributed by atoms with van der Waals surface area (Å²) in [4.78, 5) is 3.06. The van der Waals surface area contributed by atoms with Crippen molar-refractivity contribution >= 4 is 0 Å². The number of rotatable bonds is 11. The fraction of sp³-hybridized carbons (Fsp3) is 0.357. The van der Waals surface area contributed by atoms with E-state index in [2.05, 4.69) is 10.0 Å². The highest BCUT2D eigenvalue weighted by atomic mass is 16.8. The number of nitrogens with zero attached hydrogens (tertiary/aromatic N) is 3. The summed E-state index contributed by atoms with van der Waals surface area (Å²) < 4.78 is 31.4. The first-order valence-corrected chi connectivity index (χ1v) is 12.0. The van der Waals surface area contributed by atoms with Gasteiger partial charge in [0.05, 0.1) is 33.0 Å². The molecule has 0 amide bonds. The maximum absolute atomic E-state index is 9.30. The largest absolute Gasteiger partial charge is 0.374 e. The van der Waals surface area contributed by atoms with Gasteiger partial charge in [-0.15, -0.1) is 0 Å². The molecule has 0 saturated carbocycles. The Morgan fingerprint density at radius 2 is 1.36 bits per heavy atom. The fourth-order valence-corrected chi connectivity index (χ4v) is 4.69. The molecule has 36 heavy (non-hydrogen) atoms. The van der Waals surface area contributed by atoms with Crippen LogP contribution < -0.4 is 0 Å². The average Bonchev–Trinajstić information content (AvgIpc) is 3.31. The van der Waals surface area contributed by atoms with Crippen LogP contribution >= 0.6 is 0 Å². The summed E-state index contributed by atoms with van der Waals surface area (Å²) in [6.45, 7) is 1.59.